The third kappa shape index (κ3) is 3.93. The second-order valence-corrected chi connectivity index (χ2v) is 9.37. The molecular weight excluding hydrogens is 452 g/mol. The van der Waals surface area contributed by atoms with Crippen LogP contribution in [0.1, 0.15) is 31.7 Å². The summed E-state index contributed by atoms with van der Waals surface area (Å²) < 4.78 is 0. The maximum absolute atomic E-state index is 5.96. The summed E-state index contributed by atoms with van der Waals surface area (Å²) >= 11 is 0. The van der Waals surface area contributed by atoms with Gasteiger partial charge in [0.15, 0.2) is 17.3 Å². The Hall–Kier alpha value is -4.05. The predicted molar refractivity (Wildman–Crippen MR) is 144 cm³/mol. The number of fused-ring (bicyclic) bond motifs is 2. The zero-order valence-corrected chi connectivity index (χ0v) is 20.4. The number of hydrogen-bond donors (Lipinski definition) is 3. The number of allylic oxidation sites excluding steroid dienone is 1. The number of hydrogen-bond acceptors (Lipinski definition) is 7. The van der Waals surface area contributed by atoms with E-state index in [1.54, 1.807) is 12.3 Å². The molecule has 6 heterocycles. The van der Waals surface area contributed by atoms with Gasteiger partial charge < -0.3 is 20.5 Å². The lowest BCUT2D eigenvalue weighted by atomic mass is 10.1. The van der Waals surface area contributed by atoms with Crippen molar-refractivity contribution < 1.29 is 0 Å². The molecule has 0 radical (unpaired) electrons. The van der Waals surface area contributed by atoms with Crippen molar-refractivity contribution in [1.29, 1.82) is 0 Å². The minimum atomic E-state index is 0.185. The fourth-order valence-corrected chi connectivity index (χ4v) is 4.96. The van der Waals surface area contributed by atoms with Crippen molar-refractivity contribution in [1.82, 2.24) is 35.0 Å². The second kappa shape index (κ2) is 9.19. The lowest BCUT2D eigenvalue weighted by Crippen LogP contribution is -2.57. The number of amidine groups is 1. The average Bonchev–Trinajstić information content (AvgIpc) is 3.52. The standard InChI is InChI=1S/C26H30N10/c1-3-19(30-21(4-2)36-14-17(27)15-36)16-12-18-22(33-34-24(18)29-13-16)25-31-20-8-9-28-26(23(20)32-25)35-10-6-5-7-11-35/h3-4,8-9,12-13,17H,2,5-7,10-11,14-15,27H2,1H3,(H,31,32)(H,29,33,34)/b19-3-,30-21?. The zero-order chi connectivity index (χ0) is 24.6. The highest BCUT2D eigenvalue weighted by Gasteiger charge is 2.25. The second-order valence-electron chi connectivity index (χ2n) is 9.37. The lowest BCUT2D eigenvalue weighted by Gasteiger charge is -2.38. The molecule has 2 saturated heterocycles. The molecule has 0 aromatic carbocycles. The molecule has 2 aliphatic heterocycles. The third-order valence-corrected chi connectivity index (χ3v) is 6.90. The van der Waals surface area contributed by atoms with Gasteiger partial charge in [-0.2, -0.15) is 5.10 Å². The van der Waals surface area contributed by atoms with E-state index in [0.717, 1.165) is 71.2 Å². The van der Waals surface area contributed by atoms with Gasteiger partial charge in [0.1, 0.15) is 17.0 Å². The van der Waals surface area contributed by atoms with Crippen LogP contribution in [0.15, 0.2) is 48.2 Å². The van der Waals surface area contributed by atoms with E-state index in [0.29, 0.717) is 11.5 Å². The van der Waals surface area contributed by atoms with Gasteiger partial charge in [0.2, 0.25) is 0 Å². The first-order valence-corrected chi connectivity index (χ1v) is 12.5. The fourth-order valence-electron chi connectivity index (χ4n) is 4.96. The Kier molecular flexibility index (Phi) is 5.73. The number of anilines is 1. The van der Waals surface area contributed by atoms with Crippen LogP contribution in [0.25, 0.3) is 39.3 Å². The number of imidazole rings is 1. The van der Waals surface area contributed by atoms with E-state index in [1.807, 2.05) is 25.3 Å². The first-order valence-electron chi connectivity index (χ1n) is 12.5. The van der Waals surface area contributed by atoms with Crippen LogP contribution in [-0.2, 0) is 0 Å². The Morgan fingerprint density at radius 2 is 2.06 bits per heavy atom. The molecule has 36 heavy (non-hydrogen) atoms. The first-order chi connectivity index (χ1) is 17.6. The number of aromatic nitrogens is 6. The molecule has 4 N–H and O–H groups in total. The SMILES string of the molecule is C=CC(=N/C(=C\C)c1cnc2n[nH]c(-c3nc4c(N5CCCCC5)nccc4[nH]3)c2c1)N1CC(N)C1. The van der Waals surface area contributed by atoms with Crippen molar-refractivity contribution in [3.05, 3.63) is 48.8 Å². The lowest BCUT2D eigenvalue weighted by molar-refractivity contribution is 0.256. The number of aliphatic imine (C=N–C) groups is 1. The highest BCUT2D eigenvalue weighted by atomic mass is 15.3. The Labute approximate surface area is 209 Å². The van der Waals surface area contributed by atoms with E-state index in [9.17, 15) is 0 Å². The molecule has 0 aliphatic carbocycles. The summed E-state index contributed by atoms with van der Waals surface area (Å²) in [7, 11) is 0. The van der Waals surface area contributed by atoms with E-state index in [-0.39, 0.29) is 6.04 Å². The van der Waals surface area contributed by atoms with Crippen molar-refractivity contribution in [3.8, 4) is 11.5 Å². The molecule has 6 rings (SSSR count). The predicted octanol–water partition coefficient (Wildman–Crippen LogP) is 3.47. The van der Waals surface area contributed by atoms with Crippen LogP contribution in [0.2, 0.25) is 0 Å². The van der Waals surface area contributed by atoms with Gasteiger partial charge in [-0.1, -0.05) is 12.7 Å². The number of aromatic amines is 2. The van der Waals surface area contributed by atoms with Crippen LogP contribution in [0.3, 0.4) is 0 Å². The van der Waals surface area contributed by atoms with Gasteiger partial charge in [0.25, 0.3) is 0 Å². The Morgan fingerprint density at radius 3 is 2.81 bits per heavy atom. The molecule has 10 nitrogen and oxygen atoms in total. The number of piperidine rings is 1. The van der Waals surface area contributed by atoms with E-state index in [1.165, 1.54) is 19.3 Å². The van der Waals surface area contributed by atoms with Crippen LogP contribution in [0.4, 0.5) is 5.82 Å². The van der Waals surface area contributed by atoms with Crippen LogP contribution in [-0.4, -0.2) is 73.1 Å². The maximum Gasteiger partial charge on any atom is 0.181 e. The normalized spacial score (nSPS) is 17.7. The summed E-state index contributed by atoms with van der Waals surface area (Å²) in [5.41, 5.74) is 10.9. The Bertz CT molecular complexity index is 1480. The summed E-state index contributed by atoms with van der Waals surface area (Å²) in [4.78, 5) is 27.0. The van der Waals surface area contributed by atoms with Crippen LogP contribution < -0.4 is 10.6 Å². The van der Waals surface area contributed by atoms with Crippen molar-refractivity contribution in [2.45, 2.75) is 32.2 Å². The van der Waals surface area contributed by atoms with Crippen LogP contribution in [0.5, 0.6) is 0 Å². The van der Waals surface area contributed by atoms with Gasteiger partial charge in [-0.05, 0) is 44.4 Å². The number of H-pyrrole nitrogens is 2. The fraction of sp³-hybridized carbons (Fsp3) is 0.346. The highest BCUT2D eigenvalue weighted by Crippen LogP contribution is 2.31. The smallest absolute Gasteiger partial charge is 0.181 e. The zero-order valence-electron chi connectivity index (χ0n) is 20.4. The third-order valence-electron chi connectivity index (χ3n) is 6.90. The van der Waals surface area contributed by atoms with Gasteiger partial charge >= 0.3 is 0 Å². The molecule has 4 aromatic heterocycles. The molecular formula is C26H30N10. The Morgan fingerprint density at radius 1 is 1.22 bits per heavy atom. The molecule has 0 unspecified atom stereocenters. The molecule has 0 atom stereocenters. The number of nitrogens with zero attached hydrogens (tertiary/aromatic N) is 7. The van der Waals surface area contributed by atoms with Crippen molar-refractivity contribution in [2.75, 3.05) is 31.1 Å². The minimum absolute atomic E-state index is 0.185. The number of pyridine rings is 2. The van der Waals surface area contributed by atoms with E-state index < -0.39 is 0 Å². The molecule has 2 fully saturated rings. The molecule has 0 bridgehead atoms. The molecule has 0 spiro atoms. The Balaban J connectivity index is 1.38. The summed E-state index contributed by atoms with van der Waals surface area (Å²) in [6.45, 7) is 9.49. The summed E-state index contributed by atoms with van der Waals surface area (Å²) in [6.07, 6.45) is 11.0. The van der Waals surface area contributed by atoms with Crippen molar-refractivity contribution >= 4 is 39.4 Å². The van der Waals surface area contributed by atoms with Crippen molar-refractivity contribution in [2.24, 2.45) is 10.7 Å². The molecule has 2 aliphatic rings. The monoisotopic (exact) mass is 482 g/mol. The molecule has 0 amide bonds. The van der Waals surface area contributed by atoms with Gasteiger partial charge in [0, 0.05) is 50.2 Å². The average molecular weight is 483 g/mol. The summed E-state index contributed by atoms with van der Waals surface area (Å²) in [6, 6.07) is 4.21. The van der Waals surface area contributed by atoms with E-state index in [4.69, 9.17) is 15.7 Å². The topological polar surface area (TPSA) is 128 Å². The molecule has 10 heteroatoms. The molecule has 0 saturated carbocycles. The van der Waals surface area contributed by atoms with Crippen molar-refractivity contribution in [3.63, 3.8) is 0 Å². The van der Waals surface area contributed by atoms with Crippen LogP contribution in [0, 0.1) is 0 Å². The van der Waals surface area contributed by atoms with Gasteiger partial charge in [-0.25, -0.2) is 19.9 Å². The first kappa shape index (κ1) is 22.4. The van der Waals surface area contributed by atoms with Crippen LogP contribution >= 0.6 is 0 Å². The van der Waals surface area contributed by atoms with Gasteiger partial charge in [0.05, 0.1) is 16.6 Å². The highest BCUT2D eigenvalue weighted by molar-refractivity contribution is 5.98. The van der Waals surface area contributed by atoms with Gasteiger partial charge in [-0.15, -0.1) is 0 Å². The van der Waals surface area contributed by atoms with Gasteiger partial charge in [-0.3, -0.25) is 5.10 Å². The number of rotatable bonds is 5. The quantitative estimate of drug-likeness (QED) is 0.293. The molecule has 4 aromatic rings. The largest absolute Gasteiger partial charge is 0.355 e. The number of nitrogens with two attached hydrogens (primary N) is 1. The number of likely N-dealkylation sites (tertiary alicyclic amines) is 1. The maximum atomic E-state index is 5.96. The minimum Gasteiger partial charge on any atom is -0.355 e. The summed E-state index contributed by atoms with van der Waals surface area (Å²) in [5, 5.41) is 8.43. The van der Waals surface area contributed by atoms with E-state index >= 15 is 0 Å². The summed E-state index contributed by atoms with van der Waals surface area (Å²) in [5.74, 6) is 2.46. The van der Waals surface area contributed by atoms with E-state index in [2.05, 4.69) is 47.6 Å². The molecule has 184 valence electrons. The number of nitrogens with one attached hydrogen (secondary N) is 2.